The molecule has 0 heterocycles. The second-order valence-electron chi connectivity index (χ2n) is 4.74. The number of hydrogen-bond donors (Lipinski definition) is 1. The normalized spacial score (nSPS) is 32.5. The smallest absolute Gasteiger partial charge is 0.116 e. The van der Waals surface area contributed by atoms with E-state index >= 15 is 0 Å². The summed E-state index contributed by atoms with van der Waals surface area (Å²) in [6.07, 6.45) is 13.1. The predicted octanol–water partition coefficient (Wildman–Crippen LogP) is 2.75. The Morgan fingerprint density at radius 1 is 1.27 bits per heavy atom. The van der Waals surface area contributed by atoms with E-state index in [0.29, 0.717) is 12.0 Å². The van der Waals surface area contributed by atoms with E-state index in [0.717, 1.165) is 5.76 Å². The number of ether oxygens (including phenoxy) is 1. The van der Waals surface area contributed by atoms with Gasteiger partial charge in [0, 0.05) is 6.04 Å². The fourth-order valence-electron chi connectivity index (χ4n) is 2.23. The van der Waals surface area contributed by atoms with Gasteiger partial charge in [0.2, 0.25) is 0 Å². The zero-order valence-corrected chi connectivity index (χ0v) is 9.49. The molecule has 1 saturated carbocycles. The van der Waals surface area contributed by atoms with Gasteiger partial charge in [-0.1, -0.05) is 19.4 Å². The lowest BCUT2D eigenvalue weighted by molar-refractivity contribution is 0.0881. The van der Waals surface area contributed by atoms with E-state index in [2.05, 4.69) is 25.2 Å². The molecule has 0 saturated heterocycles. The van der Waals surface area contributed by atoms with Gasteiger partial charge in [-0.15, -0.1) is 0 Å². The summed E-state index contributed by atoms with van der Waals surface area (Å²) in [6, 6.07) is 0.119. The van der Waals surface area contributed by atoms with Crippen LogP contribution < -0.4 is 5.73 Å². The molecule has 0 aromatic heterocycles. The third-order valence-electron chi connectivity index (χ3n) is 3.38. The Bertz CT molecular complexity index is 264. The fourth-order valence-corrected chi connectivity index (χ4v) is 2.23. The quantitative estimate of drug-likeness (QED) is 0.755. The number of rotatable bonds is 2. The summed E-state index contributed by atoms with van der Waals surface area (Å²) >= 11 is 0. The minimum absolute atomic E-state index is 0.119. The van der Waals surface area contributed by atoms with Crippen LogP contribution in [0.5, 0.6) is 0 Å². The average Bonchev–Trinajstić information content (AvgIpc) is 2.25. The Morgan fingerprint density at radius 2 is 2.00 bits per heavy atom. The molecule has 0 aromatic rings. The van der Waals surface area contributed by atoms with Crippen molar-refractivity contribution in [2.45, 2.75) is 51.2 Å². The highest BCUT2D eigenvalue weighted by Crippen LogP contribution is 2.24. The van der Waals surface area contributed by atoms with Crippen molar-refractivity contribution in [2.24, 2.45) is 11.7 Å². The standard InChI is InChI=1S/C13H21NO/c1-10-7-8-12(9-13(10)14)15-11-5-3-2-4-6-11/h7-11,13H,2-6,14H2,1H3/t10?,13-/m0/s1. The molecule has 2 rings (SSSR count). The Morgan fingerprint density at radius 3 is 2.67 bits per heavy atom. The summed E-state index contributed by atoms with van der Waals surface area (Å²) in [4.78, 5) is 0. The van der Waals surface area contributed by atoms with Gasteiger partial charge in [0.05, 0.1) is 6.10 Å². The van der Waals surface area contributed by atoms with Gasteiger partial charge >= 0.3 is 0 Å². The molecule has 0 radical (unpaired) electrons. The van der Waals surface area contributed by atoms with Crippen LogP contribution in [0, 0.1) is 5.92 Å². The van der Waals surface area contributed by atoms with Crippen molar-refractivity contribution in [1.29, 1.82) is 0 Å². The Kier molecular flexibility index (Phi) is 3.47. The van der Waals surface area contributed by atoms with Crippen LogP contribution in [0.1, 0.15) is 39.0 Å². The second-order valence-corrected chi connectivity index (χ2v) is 4.74. The summed E-state index contributed by atoms with van der Waals surface area (Å²) in [6.45, 7) is 2.13. The minimum atomic E-state index is 0.119. The molecule has 0 aliphatic heterocycles. The van der Waals surface area contributed by atoms with E-state index in [9.17, 15) is 0 Å². The fraction of sp³-hybridized carbons (Fsp3) is 0.692. The van der Waals surface area contributed by atoms with Gasteiger partial charge < -0.3 is 10.5 Å². The van der Waals surface area contributed by atoms with Crippen LogP contribution in [0.3, 0.4) is 0 Å². The van der Waals surface area contributed by atoms with Gasteiger partial charge in [0.1, 0.15) is 5.76 Å². The van der Waals surface area contributed by atoms with Crippen LogP contribution in [-0.2, 0) is 4.74 Å². The first-order valence-electron chi connectivity index (χ1n) is 6.08. The van der Waals surface area contributed by atoms with Crippen molar-refractivity contribution >= 4 is 0 Å². The number of nitrogens with two attached hydrogens (primary N) is 1. The Balaban J connectivity index is 1.89. The van der Waals surface area contributed by atoms with Crippen molar-refractivity contribution in [3.8, 4) is 0 Å². The minimum Gasteiger partial charge on any atom is -0.491 e. The molecule has 2 aliphatic carbocycles. The molecule has 2 aliphatic rings. The summed E-state index contributed by atoms with van der Waals surface area (Å²) in [7, 11) is 0. The van der Waals surface area contributed by atoms with E-state index in [1.165, 1.54) is 32.1 Å². The van der Waals surface area contributed by atoms with Crippen molar-refractivity contribution in [2.75, 3.05) is 0 Å². The second kappa shape index (κ2) is 4.84. The first kappa shape index (κ1) is 10.7. The molecule has 0 bridgehead atoms. The lowest BCUT2D eigenvalue weighted by Gasteiger charge is -2.26. The molecule has 0 aromatic carbocycles. The third kappa shape index (κ3) is 2.85. The van der Waals surface area contributed by atoms with Crippen LogP contribution in [-0.4, -0.2) is 12.1 Å². The van der Waals surface area contributed by atoms with E-state index in [4.69, 9.17) is 10.5 Å². The molecule has 0 amide bonds. The molecule has 2 N–H and O–H groups in total. The third-order valence-corrected chi connectivity index (χ3v) is 3.38. The summed E-state index contributed by atoms with van der Waals surface area (Å²) in [5, 5.41) is 0. The molecule has 15 heavy (non-hydrogen) atoms. The van der Waals surface area contributed by atoms with Crippen molar-refractivity contribution in [3.63, 3.8) is 0 Å². The van der Waals surface area contributed by atoms with Gasteiger partial charge in [-0.2, -0.15) is 0 Å². The van der Waals surface area contributed by atoms with E-state index in [1.54, 1.807) is 0 Å². The van der Waals surface area contributed by atoms with Crippen LogP contribution in [0.15, 0.2) is 24.0 Å². The van der Waals surface area contributed by atoms with E-state index < -0.39 is 0 Å². The van der Waals surface area contributed by atoms with Gasteiger partial charge in [0.15, 0.2) is 0 Å². The number of hydrogen-bond acceptors (Lipinski definition) is 2. The van der Waals surface area contributed by atoms with Crippen LogP contribution >= 0.6 is 0 Å². The van der Waals surface area contributed by atoms with E-state index in [1.807, 2.05) is 0 Å². The maximum atomic E-state index is 5.97. The predicted molar refractivity (Wildman–Crippen MR) is 62.3 cm³/mol. The van der Waals surface area contributed by atoms with Gasteiger partial charge in [-0.3, -0.25) is 0 Å². The molecular formula is C13H21NO. The largest absolute Gasteiger partial charge is 0.491 e. The summed E-state index contributed by atoms with van der Waals surface area (Å²) in [5.74, 6) is 1.41. The molecule has 84 valence electrons. The summed E-state index contributed by atoms with van der Waals surface area (Å²) < 4.78 is 5.95. The molecule has 1 unspecified atom stereocenters. The highest BCUT2D eigenvalue weighted by atomic mass is 16.5. The van der Waals surface area contributed by atoms with Crippen molar-refractivity contribution < 1.29 is 4.74 Å². The first-order valence-corrected chi connectivity index (χ1v) is 6.08. The number of allylic oxidation sites excluding steroid dienone is 1. The first-order chi connectivity index (χ1) is 7.25. The maximum absolute atomic E-state index is 5.97. The highest BCUT2D eigenvalue weighted by Gasteiger charge is 2.18. The zero-order chi connectivity index (χ0) is 10.7. The Labute approximate surface area is 92.2 Å². The monoisotopic (exact) mass is 207 g/mol. The van der Waals surface area contributed by atoms with Crippen molar-refractivity contribution in [3.05, 3.63) is 24.0 Å². The molecule has 2 nitrogen and oxygen atoms in total. The SMILES string of the molecule is CC1C=CC(OC2CCCCC2)=C[C@@H]1N. The molecule has 2 atom stereocenters. The molecule has 2 heteroatoms. The zero-order valence-electron chi connectivity index (χ0n) is 9.49. The van der Waals surface area contributed by atoms with Gasteiger partial charge in [-0.05, 0) is 43.8 Å². The lowest BCUT2D eigenvalue weighted by Crippen LogP contribution is -2.28. The van der Waals surface area contributed by atoms with Gasteiger partial charge in [0.25, 0.3) is 0 Å². The molecule has 1 fully saturated rings. The highest BCUT2D eigenvalue weighted by molar-refractivity contribution is 5.22. The summed E-state index contributed by atoms with van der Waals surface area (Å²) in [5.41, 5.74) is 5.97. The lowest BCUT2D eigenvalue weighted by atomic mass is 9.96. The van der Waals surface area contributed by atoms with Crippen LogP contribution in [0.2, 0.25) is 0 Å². The van der Waals surface area contributed by atoms with E-state index in [-0.39, 0.29) is 6.04 Å². The Hall–Kier alpha value is -0.760. The maximum Gasteiger partial charge on any atom is 0.116 e. The molecular weight excluding hydrogens is 186 g/mol. The average molecular weight is 207 g/mol. The van der Waals surface area contributed by atoms with Gasteiger partial charge in [-0.25, -0.2) is 0 Å². The van der Waals surface area contributed by atoms with Crippen molar-refractivity contribution in [1.82, 2.24) is 0 Å². The van der Waals surface area contributed by atoms with Crippen LogP contribution in [0.25, 0.3) is 0 Å². The topological polar surface area (TPSA) is 35.2 Å². The van der Waals surface area contributed by atoms with Crippen LogP contribution in [0.4, 0.5) is 0 Å². The molecule has 0 spiro atoms.